The summed E-state index contributed by atoms with van der Waals surface area (Å²) >= 11 is 0. The zero-order valence-corrected chi connectivity index (χ0v) is 52.0. The molecule has 0 aromatic rings. The van der Waals surface area contributed by atoms with Crippen molar-refractivity contribution in [2.75, 3.05) is 13.2 Å². The van der Waals surface area contributed by atoms with E-state index in [9.17, 15) is 14.4 Å². The normalized spacial score (nSPS) is 13.0. The third-order valence-electron chi connectivity index (χ3n) is 13.9. The zero-order valence-electron chi connectivity index (χ0n) is 52.0. The number of carbonyl (C=O) groups is 3. The molecule has 1 atom stereocenters. The second-order valence-electron chi connectivity index (χ2n) is 21.6. The van der Waals surface area contributed by atoms with Crippen molar-refractivity contribution in [3.8, 4) is 0 Å². The summed E-state index contributed by atoms with van der Waals surface area (Å²) in [5, 5.41) is 0. The molecule has 0 saturated carbocycles. The van der Waals surface area contributed by atoms with Crippen LogP contribution < -0.4 is 0 Å². The van der Waals surface area contributed by atoms with E-state index in [2.05, 4.69) is 154 Å². The SMILES string of the molecule is CC/C=C\C/C=C\C/C=C\C/C=C\C/C=C\C/C=C\C/C=C\CCCC(=O)OC(COC(=O)CCCCCCCCCCCCCC/C=C\C/C=C\C/C=C\C/C=C\CC)COC(=O)CCCCCCCCCCCCCCCC. The zero-order chi connectivity index (χ0) is 57.8. The van der Waals surface area contributed by atoms with E-state index < -0.39 is 6.10 Å². The maximum atomic E-state index is 12.9. The van der Waals surface area contributed by atoms with Gasteiger partial charge in [0.05, 0.1) is 0 Å². The van der Waals surface area contributed by atoms with Gasteiger partial charge in [-0.25, -0.2) is 0 Å². The Morgan fingerprint density at radius 3 is 0.800 bits per heavy atom. The highest BCUT2D eigenvalue weighted by Gasteiger charge is 2.19. The van der Waals surface area contributed by atoms with Gasteiger partial charge in [0.15, 0.2) is 6.10 Å². The molecular formula is C74H122O6. The van der Waals surface area contributed by atoms with Crippen LogP contribution in [0.3, 0.4) is 0 Å². The highest BCUT2D eigenvalue weighted by molar-refractivity contribution is 5.71. The summed E-state index contributed by atoms with van der Waals surface area (Å²) in [5.41, 5.74) is 0. The minimum Gasteiger partial charge on any atom is -0.462 e. The van der Waals surface area contributed by atoms with Crippen LogP contribution in [0.5, 0.6) is 0 Å². The number of esters is 3. The predicted octanol–water partition coefficient (Wildman–Crippen LogP) is 22.9. The van der Waals surface area contributed by atoms with Gasteiger partial charge in [0.25, 0.3) is 0 Å². The van der Waals surface area contributed by atoms with Crippen LogP contribution in [0.25, 0.3) is 0 Å². The topological polar surface area (TPSA) is 78.9 Å². The van der Waals surface area contributed by atoms with Gasteiger partial charge in [0, 0.05) is 19.3 Å². The molecule has 0 radical (unpaired) electrons. The van der Waals surface area contributed by atoms with E-state index in [1.807, 2.05) is 0 Å². The molecule has 0 aliphatic heterocycles. The Hall–Kier alpha value is -4.45. The van der Waals surface area contributed by atoms with Crippen LogP contribution in [0, 0.1) is 0 Å². The Bertz CT molecular complexity index is 1700. The van der Waals surface area contributed by atoms with Crippen molar-refractivity contribution in [2.24, 2.45) is 0 Å². The van der Waals surface area contributed by atoms with Gasteiger partial charge in [0.1, 0.15) is 13.2 Å². The van der Waals surface area contributed by atoms with Gasteiger partial charge >= 0.3 is 17.9 Å². The molecule has 0 rings (SSSR count). The number of ether oxygens (including phenoxy) is 3. The summed E-state index contributed by atoms with van der Waals surface area (Å²) in [6, 6.07) is 0. The lowest BCUT2D eigenvalue weighted by atomic mass is 10.0. The Morgan fingerprint density at radius 2 is 0.500 bits per heavy atom. The second kappa shape index (κ2) is 67.1. The maximum absolute atomic E-state index is 12.9. The van der Waals surface area contributed by atoms with Gasteiger partial charge in [-0.1, -0.05) is 302 Å². The van der Waals surface area contributed by atoms with Crippen LogP contribution in [0.15, 0.2) is 134 Å². The molecule has 454 valence electrons. The fraction of sp³-hybridized carbons (Fsp3) is 0.662. The number of rotatable bonds is 59. The fourth-order valence-electron chi connectivity index (χ4n) is 9.01. The predicted molar refractivity (Wildman–Crippen MR) is 348 cm³/mol. The molecule has 0 fully saturated rings. The quantitative estimate of drug-likeness (QED) is 0.0261. The van der Waals surface area contributed by atoms with Crippen molar-refractivity contribution in [3.63, 3.8) is 0 Å². The monoisotopic (exact) mass is 1110 g/mol. The summed E-state index contributed by atoms with van der Waals surface area (Å²) in [4.78, 5) is 38.4. The average Bonchev–Trinajstić information content (AvgIpc) is 3.46. The first-order chi connectivity index (χ1) is 39.5. The minimum atomic E-state index is -0.813. The molecule has 6 heteroatoms. The molecular weight excluding hydrogens is 985 g/mol. The van der Waals surface area contributed by atoms with Gasteiger partial charge < -0.3 is 14.2 Å². The van der Waals surface area contributed by atoms with Crippen LogP contribution in [0.2, 0.25) is 0 Å². The smallest absolute Gasteiger partial charge is 0.306 e. The highest BCUT2D eigenvalue weighted by atomic mass is 16.6. The molecule has 80 heavy (non-hydrogen) atoms. The van der Waals surface area contributed by atoms with Crippen molar-refractivity contribution in [3.05, 3.63) is 134 Å². The molecule has 0 heterocycles. The second-order valence-corrected chi connectivity index (χ2v) is 21.6. The van der Waals surface area contributed by atoms with Gasteiger partial charge in [-0.2, -0.15) is 0 Å². The molecule has 0 bridgehead atoms. The lowest BCUT2D eigenvalue weighted by Gasteiger charge is -2.18. The molecule has 0 amide bonds. The Balaban J connectivity index is 4.44. The summed E-state index contributed by atoms with van der Waals surface area (Å²) in [6.45, 7) is 6.39. The van der Waals surface area contributed by atoms with Crippen molar-refractivity contribution in [2.45, 2.75) is 303 Å². The van der Waals surface area contributed by atoms with Crippen LogP contribution in [-0.2, 0) is 28.6 Å². The Labute approximate surface area is 494 Å². The van der Waals surface area contributed by atoms with Gasteiger partial charge in [-0.05, 0) is 109 Å². The van der Waals surface area contributed by atoms with E-state index >= 15 is 0 Å². The largest absolute Gasteiger partial charge is 0.462 e. The van der Waals surface area contributed by atoms with Crippen molar-refractivity contribution < 1.29 is 28.6 Å². The van der Waals surface area contributed by atoms with E-state index in [4.69, 9.17) is 14.2 Å². The molecule has 0 aromatic heterocycles. The molecule has 0 aromatic carbocycles. The first kappa shape index (κ1) is 75.5. The number of allylic oxidation sites excluding steroid dienone is 22. The maximum Gasteiger partial charge on any atom is 0.306 e. The third kappa shape index (κ3) is 64.4. The van der Waals surface area contributed by atoms with Crippen LogP contribution in [-0.4, -0.2) is 37.2 Å². The lowest BCUT2D eigenvalue weighted by molar-refractivity contribution is -0.167. The summed E-state index contributed by atoms with van der Waals surface area (Å²) in [5.74, 6) is -0.958. The Morgan fingerprint density at radius 1 is 0.263 bits per heavy atom. The van der Waals surface area contributed by atoms with Crippen LogP contribution in [0.1, 0.15) is 297 Å². The van der Waals surface area contributed by atoms with E-state index in [1.165, 1.54) is 135 Å². The van der Waals surface area contributed by atoms with Gasteiger partial charge in [-0.15, -0.1) is 0 Å². The molecule has 0 N–H and O–H groups in total. The van der Waals surface area contributed by atoms with E-state index in [0.717, 1.165) is 116 Å². The van der Waals surface area contributed by atoms with Crippen LogP contribution in [0.4, 0.5) is 0 Å². The molecule has 0 spiro atoms. The first-order valence-electron chi connectivity index (χ1n) is 33.2. The summed E-state index contributed by atoms with van der Waals surface area (Å²) < 4.78 is 16.9. The molecule has 0 aliphatic rings. The molecule has 6 nitrogen and oxygen atoms in total. The number of hydrogen-bond acceptors (Lipinski definition) is 6. The molecule has 1 unspecified atom stereocenters. The average molecular weight is 1110 g/mol. The summed E-state index contributed by atoms with van der Waals surface area (Å²) in [6.07, 6.45) is 94.6. The fourth-order valence-corrected chi connectivity index (χ4v) is 9.01. The Kier molecular flexibility index (Phi) is 63.3. The summed E-state index contributed by atoms with van der Waals surface area (Å²) in [7, 11) is 0. The molecule has 0 saturated heterocycles. The number of carbonyl (C=O) groups excluding carboxylic acids is 3. The minimum absolute atomic E-state index is 0.102. The number of unbranched alkanes of at least 4 members (excludes halogenated alkanes) is 26. The van der Waals surface area contributed by atoms with Gasteiger partial charge in [0.2, 0.25) is 0 Å². The first-order valence-corrected chi connectivity index (χ1v) is 33.2. The third-order valence-corrected chi connectivity index (χ3v) is 13.9. The lowest BCUT2D eigenvalue weighted by Crippen LogP contribution is -2.30. The van der Waals surface area contributed by atoms with Crippen molar-refractivity contribution in [1.82, 2.24) is 0 Å². The van der Waals surface area contributed by atoms with E-state index in [0.29, 0.717) is 19.3 Å². The van der Waals surface area contributed by atoms with Crippen molar-refractivity contribution in [1.29, 1.82) is 0 Å². The van der Waals surface area contributed by atoms with Crippen LogP contribution >= 0.6 is 0 Å². The number of hydrogen-bond donors (Lipinski definition) is 0. The van der Waals surface area contributed by atoms with Gasteiger partial charge in [-0.3, -0.25) is 14.4 Å². The molecule has 0 aliphatic carbocycles. The highest BCUT2D eigenvalue weighted by Crippen LogP contribution is 2.16. The van der Waals surface area contributed by atoms with E-state index in [-0.39, 0.29) is 37.5 Å². The van der Waals surface area contributed by atoms with Crippen molar-refractivity contribution >= 4 is 17.9 Å². The standard InChI is InChI=1S/C74H122O6/c1-4-7-10-13-16-19-22-25-28-30-32-34-36-37-39-40-42-44-46-49-52-55-58-61-64-67-73(76)79-70-71(69-78-72(75)66-63-60-57-54-51-48-27-24-21-18-15-12-9-6-3)80-74(77)68-65-62-59-56-53-50-47-45-43-41-38-35-33-31-29-26-23-20-17-14-11-8-5-2/h7-8,10-11,16-17,19-20,25-26,28-29,32-35,41,43,47,50,56,59,71H,4-6,9,12-15,18,21-24,27,30-31,36-40,42,44-46,48-49,51-55,57-58,60-70H2,1-3H3/b10-7-,11-8-,19-16-,20-17-,28-25-,29-26-,34-32-,35-33-,43-41-,50-47-,59-56-. The van der Waals surface area contributed by atoms with E-state index in [1.54, 1.807) is 0 Å².